The second-order valence-corrected chi connectivity index (χ2v) is 6.61. The summed E-state index contributed by atoms with van der Waals surface area (Å²) in [6.45, 7) is 3.46. The van der Waals surface area contributed by atoms with Gasteiger partial charge in [0.05, 0.1) is 7.11 Å². The number of carbonyl (C=O) groups excluding carboxylic acids is 1. The molecule has 2 rings (SSSR count). The van der Waals surface area contributed by atoms with E-state index >= 15 is 0 Å². The third-order valence-corrected chi connectivity index (χ3v) is 4.32. The van der Waals surface area contributed by atoms with Crippen LogP contribution in [0.15, 0.2) is 47.5 Å². The second-order valence-electron chi connectivity index (χ2n) is 6.61. The maximum Gasteiger partial charge on any atom is 0.257 e. The zero-order valence-corrected chi connectivity index (χ0v) is 17.9. The highest BCUT2D eigenvalue weighted by Crippen LogP contribution is 2.28. The third-order valence-electron chi connectivity index (χ3n) is 4.32. The minimum absolute atomic E-state index is 0.0668. The van der Waals surface area contributed by atoms with Crippen molar-refractivity contribution in [3.8, 4) is 11.5 Å². The van der Waals surface area contributed by atoms with Crippen LogP contribution in [0.1, 0.15) is 18.1 Å². The fraction of sp³-hybridized carbons (Fsp3) is 0.364. The Morgan fingerprint density at radius 3 is 2.43 bits per heavy atom. The molecule has 0 fully saturated rings. The number of hydrogen-bond donors (Lipinski definition) is 2. The van der Waals surface area contributed by atoms with E-state index in [0.29, 0.717) is 37.1 Å². The zero-order chi connectivity index (χ0) is 21.9. The van der Waals surface area contributed by atoms with Gasteiger partial charge in [-0.05, 0) is 42.3 Å². The Morgan fingerprint density at radius 2 is 1.80 bits per heavy atom. The first-order valence-electron chi connectivity index (χ1n) is 9.69. The summed E-state index contributed by atoms with van der Waals surface area (Å²) in [6.07, 6.45) is 0. The normalized spacial score (nSPS) is 11.0. The molecule has 0 aliphatic rings. The third kappa shape index (κ3) is 6.95. The van der Waals surface area contributed by atoms with E-state index in [2.05, 4.69) is 15.6 Å². The Kier molecular flexibility index (Phi) is 8.93. The highest BCUT2D eigenvalue weighted by molar-refractivity contribution is 5.79. The predicted octanol–water partition coefficient (Wildman–Crippen LogP) is 2.56. The van der Waals surface area contributed by atoms with Gasteiger partial charge in [-0.25, -0.2) is 4.39 Å². The van der Waals surface area contributed by atoms with E-state index in [1.807, 2.05) is 31.0 Å². The van der Waals surface area contributed by atoms with Crippen LogP contribution in [0.3, 0.4) is 0 Å². The Balaban J connectivity index is 1.95. The number of aliphatic imine (C=N–C) groups is 1. The SMILES string of the molecule is CCNC(=O)COc1ccc(CNC(=NC)N(C)Cc2ccc(F)cc2)cc1OC. The van der Waals surface area contributed by atoms with Gasteiger partial charge in [0.1, 0.15) is 5.82 Å². The average molecular weight is 416 g/mol. The summed E-state index contributed by atoms with van der Waals surface area (Å²) < 4.78 is 24.0. The summed E-state index contributed by atoms with van der Waals surface area (Å²) in [5.74, 6) is 1.32. The number of rotatable bonds is 9. The molecule has 0 atom stereocenters. The number of hydrogen-bond acceptors (Lipinski definition) is 4. The van der Waals surface area contributed by atoms with Crippen molar-refractivity contribution in [1.29, 1.82) is 0 Å². The molecule has 0 aliphatic heterocycles. The van der Waals surface area contributed by atoms with E-state index in [4.69, 9.17) is 9.47 Å². The van der Waals surface area contributed by atoms with Crippen LogP contribution in [-0.2, 0) is 17.9 Å². The van der Waals surface area contributed by atoms with Crippen LogP contribution >= 0.6 is 0 Å². The number of nitrogens with zero attached hydrogens (tertiary/aromatic N) is 2. The van der Waals surface area contributed by atoms with Crippen LogP contribution < -0.4 is 20.1 Å². The molecular weight excluding hydrogens is 387 g/mol. The van der Waals surface area contributed by atoms with Crippen molar-refractivity contribution >= 4 is 11.9 Å². The molecule has 0 saturated heterocycles. The van der Waals surface area contributed by atoms with E-state index in [1.165, 1.54) is 12.1 Å². The van der Waals surface area contributed by atoms with E-state index < -0.39 is 0 Å². The maximum atomic E-state index is 13.1. The number of amides is 1. The van der Waals surface area contributed by atoms with Gasteiger partial charge >= 0.3 is 0 Å². The molecule has 1 amide bonds. The van der Waals surface area contributed by atoms with E-state index in [-0.39, 0.29) is 18.3 Å². The van der Waals surface area contributed by atoms with Gasteiger partial charge in [0.2, 0.25) is 0 Å². The first-order valence-corrected chi connectivity index (χ1v) is 9.69. The Bertz CT molecular complexity index is 856. The lowest BCUT2D eigenvalue weighted by atomic mass is 10.2. The molecule has 2 aromatic carbocycles. The molecule has 0 radical (unpaired) electrons. The van der Waals surface area contributed by atoms with Gasteiger partial charge in [0, 0.05) is 33.7 Å². The lowest BCUT2D eigenvalue weighted by Gasteiger charge is -2.22. The second kappa shape index (κ2) is 11.6. The van der Waals surface area contributed by atoms with Gasteiger partial charge in [-0.15, -0.1) is 0 Å². The smallest absolute Gasteiger partial charge is 0.257 e. The Morgan fingerprint density at radius 1 is 1.10 bits per heavy atom. The first kappa shape index (κ1) is 23.0. The number of carbonyl (C=O) groups is 1. The molecule has 8 heteroatoms. The zero-order valence-electron chi connectivity index (χ0n) is 17.9. The quantitative estimate of drug-likeness (QED) is 0.485. The molecule has 0 aliphatic carbocycles. The van der Waals surface area contributed by atoms with Gasteiger partial charge in [-0.1, -0.05) is 18.2 Å². The van der Waals surface area contributed by atoms with Gasteiger partial charge < -0.3 is 25.0 Å². The van der Waals surface area contributed by atoms with Crippen molar-refractivity contribution in [1.82, 2.24) is 15.5 Å². The van der Waals surface area contributed by atoms with E-state index in [1.54, 1.807) is 32.4 Å². The van der Waals surface area contributed by atoms with Gasteiger partial charge in [0.25, 0.3) is 5.91 Å². The molecule has 2 N–H and O–H groups in total. The van der Waals surface area contributed by atoms with Gasteiger partial charge in [-0.3, -0.25) is 9.79 Å². The van der Waals surface area contributed by atoms with Crippen molar-refractivity contribution in [2.45, 2.75) is 20.0 Å². The highest BCUT2D eigenvalue weighted by Gasteiger charge is 2.10. The van der Waals surface area contributed by atoms with E-state index in [0.717, 1.165) is 11.1 Å². The van der Waals surface area contributed by atoms with Crippen LogP contribution in [-0.4, -0.2) is 51.1 Å². The number of methoxy groups -OCH3 is 1. The molecular formula is C22H29FN4O3. The van der Waals surface area contributed by atoms with E-state index in [9.17, 15) is 9.18 Å². The maximum absolute atomic E-state index is 13.1. The van der Waals surface area contributed by atoms with Gasteiger partial charge in [0.15, 0.2) is 24.1 Å². The molecule has 0 bridgehead atoms. The molecule has 7 nitrogen and oxygen atoms in total. The van der Waals surface area contributed by atoms with Gasteiger partial charge in [-0.2, -0.15) is 0 Å². The molecule has 0 heterocycles. The molecule has 30 heavy (non-hydrogen) atoms. The monoisotopic (exact) mass is 416 g/mol. The van der Waals surface area contributed by atoms with Crippen LogP contribution in [0.2, 0.25) is 0 Å². The van der Waals surface area contributed by atoms with Crippen molar-refractivity contribution in [3.05, 3.63) is 59.4 Å². The molecule has 0 unspecified atom stereocenters. The predicted molar refractivity (Wildman–Crippen MR) is 115 cm³/mol. The summed E-state index contributed by atoms with van der Waals surface area (Å²) >= 11 is 0. The number of guanidine groups is 1. The molecule has 162 valence electrons. The van der Waals surface area contributed by atoms with Crippen molar-refractivity contribution in [2.75, 3.05) is 34.4 Å². The van der Waals surface area contributed by atoms with Crippen LogP contribution in [0.25, 0.3) is 0 Å². The van der Waals surface area contributed by atoms with Crippen molar-refractivity contribution in [2.24, 2.45) is 4.99 Å². The largest absolute Gasteiger partial charge is 0.493 e. The van der Waals surface area contributed by atoms with Crippen LogP contribution in [0, 0.1) is 5.82 Å². The van der Waals surface area contributed by atoms with Crippen LogP contribution in [0.4, 0.5) is 4.39 Å². The molecule has 0 saturated carbocycles. The Labute approximate surface area is 176 Å². The first-order chi connectivity index (χ1) is 14.5. The minimum atomic E-state index is -0.253. The van der Waals surface area contributed by atoms with Crippen molar-refractivity contribution < 1.29 is 18.7 Å². The highest BCUT2D eigenvalue weighted by atomic mass is 19.1. The topological polar surface area (TPSA) is 75.2 Å². The Hall–Kier alpha value is -3.29. The standard InChI is InChI=1S/C22H29FN4O3/c1-5-25-21(28)15-30-19-11-8-17(12-20(19)29-4)13-26-22(24-2)27(3)14-16-6-9-18(23)10-7-16/h6-12H,5,13-15H2,1-4H3,(H,24,26)(H,25,28). The molecule has 0 aromatic heterocycles. The fourth-order valence-corrected chi connectivity index (χ4v) is 2.84. The van der Waals surface area contributed by atoms with Crippen LogP contribution in [0.5, 0.6) is 11.5 Å². The summed E-state index contributed by atoms with van der Waals surface area (Å²) in [5.41, 5.74) is 1.95. The summed E-state index contributed by atoms with van der Waals surface area (Å²) in [5, 5.41) is 5.98. The molecule has 2 aromatic rings. The average Bonchev–Trinajstić information content (AvgIpc) is 2.74. The van der Waals surface area contributed by atoms with Crippen molar-refractivity contribution in [3.63, 3.8) is 0 Å². The summed E-state index contributed by atoms with van der Waals surface area (Å²) in [4.78, 5) is 17.8. The number of halogens is 1. The minimum Gasteiger partial charge on any atom is -0.493 e. The summed E-state index contributed by atoms with van der Waals surface area (Å²) in [6, 6.07) is 11.9. The number of benzene rings is 2. The summed E-state index contributed by atoms with van der Waals surface area (Å²) in [7, 11) is 5.18. The number of likely N-dealkylation sites (N-methyl/N-ethyl adjacent to an activating group) is 1. The lowest BCUT2D eigenvalue weighted by Crippen LogP contribution is -2.38. The lowest BCUT2D eigenvalue weighted by molar-refractivity contribution is -0.123. The number of nitrogens with one attached hydrogen (secondary N) is 2. The number of ether oxygens (including phenoxy) is 2. The molecule has 0 spiro atoms. The fourth-order valence-electron chi connectivity index (χ4n) is 2.84.